The first-order chi connectivity index (χ1) is 14.7. The van der Waals surface area contributed by atoms with E-state index in [0.717, 1.165) is 49.4 Å². The lowest BCUT2D eigenvalue weighted by molar-refractivity contribution is 0.0708. The molecular weight excluding hydrogens is 378 g/mol. The fourth-order valence-electron chi connectivity index (χ4n) is 4.50. The van der Waals surface area contributed by atoms with Gasteiger partial charge in [-0.2, -0.15) is 5.10 Å². The molecule has 2 aliphatic heterocycles. The summed E-state index contributed by atoms with van der Waals surface area (Å²) < 4.78 is 7.77. The standard InChI is InChI=1S/C23H25N5O2/c1-16-5-10-24-14-18(16)23(29)27-11-6-17(7-12-27)22-19-15-30-13-8-20(19)26-28(22)21-4-2-3-9-25-21/h2-5,9-10,14,17H,6-8,11-13,15H2,1H3. The van der Waals surface area contributed by atoms with Crippen molar-refractivity contribution in [3.05, 3.63) is 70.9 Å². The summed E-state index contributed by atoms with van der Waals surface area (Å²) in [4.78, 5) is 23.6. The summed E-state index contributed by atoms with van der Waals surface area (Å²) in [5.41, 5.74) is 5.19. The summed E-state index contributed by atoms with van der Waals surface area (Å²) >= 11 is 0. The predicted octanol–water partition coefficient (Wildman–Crippen LogP) is 3.06. The number of hydrogen-bond acceptors (Lipinski definition) is 5. The van der Waals surface area contributed by atoms with Gasteiger partial charge in [-0.15, -0.1) is 0 Å². The van der Waals surface area contributed by atoms with E-state index in [0.29, 0.717) is 24.7 Å². The van der Waals surface area contributed by atoms with Crippen LogP contribution in [0.1, 0.15) is 51.6 Å². The maximum Gasteiger partial charge on any atom is 0.255 e. The summed E-state index contributed by atoms with van der Waals surface area (Å²) in [6.45, 7) is 4.72. The molecule has 3 aromatic rings. The topological polar surface area (TPSA) is 73.1 Å². The van der Waals surface area contributed by atoms with E-state index in [4.69, 9.17) is 9.84 Å². The fourth-order valence-corrected chi connectivity index (χ4v) is 4.50. The van der Waals surface area contributed by atoms with Gasteiger partial charge < -0.3 is 9.64 Å². The Bertz CT molecular complexity index is 1050. The Labute approximate surface area is 175 Å². The molecule has 0 saturated carbocycles. The van der Waals surface area contributed by atoms with Gasteiger partial charge in [-0.3, -0.25) is 9.78 Å². The molecule has 0 spiro atoms. The maximum absolute atomic E-state index is 13.0. The number of pyridine rings is 2. The molecule has 0 unspecified atom stereocenters. The van der Waals surface area contributed by atoms with E-state index in [1.54, 1.807) is 18.6 Å². The van der Waals surface area contributed by atoms with E-state index < -0.39 is 0 Å². The van der Waals surface area contributed by atoms with E-state index in [1.807, 2.05) is 40.8 Å². The lowest BCUT2D eigenvalue weighted by atomic mass is 9.89. The van der Waals surface area contributed by atoms with Gasteiger partial charge in [0.05, 0.1) is 30.2 Å². The lowest BCUT2D eigenvalue weighted by Crippen LogP contribution is -2.38. The highest BCUT2D eigenvalue weighted by Crippen LogP contribution is 2.35. The van der Waals surface area contributed by atoms with Gasteiger partial charge in [0.15, 0.2) is 5.82 Å². The van der Waals surface area contributed by atoms with Gasteiger partial charge in [0.1, 0.15) is 0 Å². The highest BCUT2D eigenvalue weighted by Gasteiger charge is 2.32. The van der Waals surface area contributed by atoms with Crippen molar-refractivity contribution in [3.8, 4) is 5.82 Å². The first-order valence-electron chi connectivity index (χ1n) is 10.5. The summed E-state index contributed by atoms with van der Waals surface area (Å²) in [6, 6.07) is 7.78. The normalized spacial score (nSPS) is 17.0. The van der Waals surface area contributed by atoms with Crippen molar-refractivity contribution in [2.24, 2.45) is 0 Å². The number of aromatic nitrogens is 4. The van der Waals surface area contributed by atoms with E-state index in [-0.39, 0.29) is 5.91 Å². The Morgan fingerprint density at radius 3 is 2.80 bits per heavy atom. The molecule has 7 heteroatoms. The van der Waals surface area contributed by atoms with Crippen molar-refractivity contribution in [1.82, 2.24) is 24.6 Å². The molecule has 5 rings (SSSR count). The maximum atomic E-state index is 13.0. The number of fused-ring (bicyclic) bond motifs is 1. The van der Waals surface area contributed by atoms with Crippen LogP contribution in [0.15, 0.2) is 42.9 Å². The van der Waals surface area contributed by atoms with Gasteiger partial charge >= 0.3 is 0 Å². The number of carbonyl (C=O) groups is 1. The molecule has 30 heavy (non-hydrogen) atoms. The number of rotatable bonds is 3. The second kappa shape index (κ2) is 7.99. The monoisotopic (exact) mass is 403 g/mol. The fraction of sp³-hybridized carbons (Fsp3) is 0.391. The molecule has 154 valence electrons. The van der Waals surface area contributed by atoms with Crippen LogP contribution < -0.4 is 0 Å². The minimum atomic E-state index is 0.0719. The van der Waals surface area contributed by atoms with Crippen LogP contribution in [0.4, 0.5) is 0 Å². The predicted molar refractivity (Wildman–Crippen MR) is 112 cm³/mol. The van der Waals surface area contributed by atoms with Crippen LogP contribution in [0.5, 0.6) is 0 Å². The van der Waals surface area contributed by atoms with E-state index in [9.17, 15) is 4.79 Å². The van der Waals surface area contributed by atoms with Crippen molar-refractivity contribution in [1.29, 1.82) is 0 Å². The third-order valence-corrected chi connectivity index (χ3v) is 6.14. The second-order valence-electron chi connectivity index (χ2n) is 7.97. The summed E-state index contributed by atoms with van der Waals surface area (Å²) in [6.07, 6.45) is 7.83. The molecule has 0 atom stereocenters. The molecule has 7 nitrogen and oxygen atoms in total. The van der Waals surface area contributed by atoms with Crippen LogP contribution >= 0.6 is 0 Å². The Balaban J connectivity index is 1.41. The molecule has 0 bridgehead atoms. The number of carbonyl (C=O) groups excluding carboxylic acids is 1. The Morgan fingerprint density at radius 1 is 1.17 bits per heavy atom. The average Bonchev–Trinajstić information content (AvgIpc) is 3.19. The van der Waals surface area contributed by atoms with Crippen molar-refractivity contribution in [2.45, 2.75) is 38.7 Å². The molecule has 5 heterocycles. The highest BCUT2D eigenvalue weighted by atomic mass is 16.5. The Hall–Kier alpha value is -3.06. The van der Waals surface area contributed by atoms with Crippen molar-refractivity contribution in [2.75, 3.05) is 19.7 Å². The number of hydrogen-bond donors (Lipinski definition) is 0. The molecule has 0 aliphatic carbocycles. The number of amides is 1. The Kier molecular flexibility index (Phi) is 5.04. The molecule has 1 saturated heterocycles. The minimum absolute atomic E-state index is 0.0719. The number of aryl methyl sites for hydroxylation is 1. The van der Waals surface area contributed by atoms with Crippen LogP contribution in [0, 0.1) is 6.92 Å². The van der Waals surface area contributed by atoms with Crippen LogP contribution in [0.3, 0.4) is 0 Å². The van der Waals surface area contributed by atoms with Crippen LogP contribution in [-0.2, 0) is 17.8 Å². The zero-order chi connectivity index (χ0) is 20.5. The van der Waals surface area contributed by atoms with Gasteiger partial charge in [-0.1, -0.05) is 6.07 Å². The van der Waals surface area contributed by atoms with Crippen molar-refractivity contribution in [3.63, 3.8) is 0 Å². The van der Waals surface area contributed by atoms with E-state index in [2.05, 4.69) is 9.97 Å². The van der Waals surface area contributed by atoms with Gasteiger partial charge in [-0.05, 0) is 43.5 Å². The SMILES string of the molecule is Cc1ccncc1C(=O)N1CCC(c2c3c(nn2-c2ccccn2)CCOC3)CC1. The molecule has 1 amide bonds. The zero-order valence-electron chi connectivity index (χ0n) is 17.1. The number of nitrogens with zero attached hydrogens (tertiary/aromatic N) is 5. The van der Waals surface area contributed by atoms with Gasteiger partial charge in [0, 0.05) is 49.6 Å². The first kappa shape index (κ1) is 18.9. The molecule has 0 radical (unpaired) electrons. The smallest absolute Gasteiger partial charge is 0.255 e. The largest absolute Gasteiger partial charge is 0.376 e. The zero-order valence-corrected chi connectivity index (χ0v) is 17.1. The quantitative estimate of drug-likeness (QED) is 0.672. The molecule has 2 aliphatic rings. The average molecular weight is 403 g/mol. The van der Waals surface area contributed by atoms with Gasteiger partial charge in [-0.25, -0.2) is 9.67 Å². The highest BCUT2D eigenvalue weighted by molar-refractivity contribution is 5.95. The molecule has 0 aromatic carbocycles. The van der Waals surface area contributed by atoms with Crippen LogP contribution in [0.25, 0.3) is 5.82 Å². The molecular formula is C23H25N5O2. The summed E-state index contributed by atoms with van der Waals surface area (Å²) in [7, 11) is 0. The minimum Gasteiger partial charge on any atom is -0.376 e. The molecule has 3 aromatic heterocycles. The number of piperidine rings is 1. The summed E-state index contributed by atoms with van der Waals surface area (Å²) in [5, 5.41) is 4.89. The van der Waals surface area contributed by atoms with Crippen LogP contribution in [0.2, 0.25) is 0 Å². The molecule has 1 fully saturated rings. The third-order valence-electron chi connectivity index (χ3n) is 6.14. The van der Waals surface area contributed by atoms with Crippen molar-refractivity contribution >= 4 is 5.91 Å². The van der Waals surface area contributed by atoms with Crippen LogP contribution in [-0.4, -0.2) is 50.3 Å². The summed E-state index contributed by atoms with van der Waals surface area (Å²) in [5.74, 6) is 1.23. The van der Waals surface area contributed by atoms with E-state index in [1.165, 1.54) is 11.3 Å². The second-order valence-corrected chi connectivity index (χ2v) is 7.97. The lowest BCUT2D eigenvalue weighted by Gasteiger charge is -2.33. The van der Waals surface area contributed by atoms with Crippen molar-refractivity contribution < 1.29 is 9.53 Å². The number of likely N-dealkylation sites (tertiary alicyclic amines) is 1. The van der Waals surface area contributed by atoms with Gasteiger partial charge in [0.25, 0.3) is 5.91 Å². The van der Waals surface area contributed by atoms with Gasteiger partial charge in [0.2, 0.25) is 0 Å². The molecule has 0 N–H and O–H groups in total. The Morgan fingerprint density at radius 2 is 2.03 bits per heavy atom. The first-order valence-corrected chi connectivity index (χ1v) is 10.5. The number of ether oxygens (including phenoxy) is 1. The van der Waals surface area contributed by atoms with E-state index >= 15 is 0 Å². The third kappa shape index (κ3) is 3.39.